The van der Waals surface area contributed by atoms with Gasteiger partial charge >= 0.3 is 0 Å². The van der Waals surface area contributed by atoms with Crippen molar-refractivity contribution in [2.75, 3.05) is 12.4 Å². The molecular weight excluding hydrogens is 170 g/mol. The van der Waals surface area contributed by atoms with Gasteiger partial charge < -0.3 is 10.8 Å². The molecule has 0 bridgehead atoms. The fraction of sp³-hybridized carbons (Fsp3) is 1.00. The molecule has 2 atom stereocenters. The maximum atomic E-state index is 8.69. The van der Waals surface area contributed by atoms with E-state index in [0.717, 1.165) is 5.75 Å². The Labute approximate surface area is 78.9 Å². The van der Waals surface area contributed by atoms with Gasteiger partial charge in [0.15, 0.2) is 0 Å². The van der Waals surface area contributed by atoms with Crippen LogP contribution in [0.5, 0.6) is 0 Å². The summed E-state index contributed by atoms with van der Waals surface area (Å²) in [7, 11) is 0. The van der Waals surface area contributed by atoms with Gasteiger partial charge in [-0.3, -0.25) is 0 Å². The van der Waals surface area contributed by atoms with Crippen LogP contribution in [0.25, 0.3) is 0 Å². The summed E-state index contributed by atoms with van der Waals surface area (Å²) in [5.74, 6) is 0.846. The van der Waals surface area contributed by atoms with E-state index in [0.29, 0.717) is 11.3 Å². The highest BCUT2D eigenvalue weighted by molar-refractivity contribution is 7.99. The molecule has 2 nitrogen and oxygen atoms in total. The lowest BCUT2D eigenvalue weighted by Crippen LogP contribution is -2.31. The summed E-state index contributed by atoms with van der Waals surface area (Å²) in [5, 5.41) is 9.29. The summed E-state index contributed by atoms with van der Waals surface area (Å²) in [6.45, 7) is 0.286. The minimum absolute atomic E-state index is 0.286. The third-order valence-corrected chi connectivity index (χ3v) is 3.86. The van der Waals surface area contributed by atoms with Crippen molar-refractivity contribution in [3.05, 3.63) is 0 Å². The first-order valence-electron chi connectivity index (χ1n) is 4.82. The van der Waals surface area contributed by atoms with Crippen LogP contribution in [0.1, 0.15) is 32.1 Å². The van der Waals surface area contributed by atoms with Gasteiger partial charge in [-0.25, -0.2) is 0 Å². The molecule has 0 spiro atoms. The van der Waals surface area contributed by atoms with Crippen LogP contribution in [0.2, 0.25) is 0 Å². The standard InChI is InChI=1S/C9H19NOS/c10-8-4-2-1-3-5-9(8)12-7-6-11/h8-9,11H,1-7,10H2. The number of rotatable bonds is 3. The van der Waals surface area contributed by atoms with Gasteiger partial charge in [-0.15, -0.1) is 0 Å². The zero-order chi connectivity index (χ0) is 8.81. The van der Waals surface area contributed by atoms with Gasteiger partial charge in [-0.05, 0) is 12.8 Å². The molecular formula is C9H19NOS. The van der Waals surface area contributed by atoms with Gasteiger partial charge in [0.1, 0.15) is 0 Å². The van der Waals surface area contributed by atoms with Crippen molar-refractivity contribution in [3.8, 4) is 0 Å². The molecule has 0 saturated heterocycles. The molecule has 3 heteroatoms. The van der Waals surface area contributed by atoms with E-state index in [1.807, 2.05) is 11.8 Å². The molecule has 1 fully saturated rings. The number of hydrogen-bond donors (Lipinski definition) is 2. The Morgan fingerprint density at radius 2 is 2.00 bits per heavy atom. The molecule has 1 aliphatic carbocycles. The number of nitrogens with two attached hydrogens (primary N) is 1. The fourth-order valence-corrected chi connectivity index (χ4v) is 2.84. The van der Waals surface area contributed by atoms with E-state index in [9.17, 15) is 0 Å². The van der Waals surface area contributed by atoms with E-state index in [1.165, 1.54) is 32.1 Å². The molecule has 1 rings (SSSR count). The quantitative estimate of drug-likeness (QED) is 0.659. The Morgan fingerprint density at radius 3 is 2.75 bits per heavy atom. The van der Waals surface area contributed by atoms with Crippen molar-refractivity contribution in [1.29, 1.82) is 0 Å². The topological polar surface area (TPSA) is 46.2 Å². The Morgan fingerprint density at radius 1 is 1.25 bits per heavy atom. The highest BCUT2D eigenvalue weighted by Crippen LogP contribution is 2.26. The molecule has 0 heterocycles. The third-order valence-electron chi connectivity index (χ3n) is 2.43. The normalized spacial score (nSPS) is 31.5. The zero-order valence-electron chi connectivity index (χ0n) is 7.54. The molecule has 0 amide bonds. The smallest absolute Gasteiger partial charge is 0.0521 e. The molecule has 3 N–H and O–H groups in total. The Balaban J connectivity index is 2.26. The Kier molecular flexibility index (Phi) is 5.04. The second-order valence-electron chi connectivity index (χ2n) is 3.43. The lowest BCUT2D eigenvalue weighted by molar-refractivity contribution is 0.322. The first kappa shape index (κ1) is 10.4. The largest absolute Gasteiger partial charge is 0.396 e. The third kappa shape index (κ3) is 3.33. The molecule has 0 radical (unpaired) electrons. The van der Waals surface area contributed by atoms with Gasteiger partial charge in [0.2, 0.25) is 0 Å². The number of aliphatic hydroxyl groups excluding tert-OH is 1. The summed E-state index contributed by atoms with van der Waals surface area (Å²) >= 11 is 1.84. The van der Waals surface area contributed by atoms with E-state index < -0.39 is 0 Å². The predicted octanol–water partition coefficient (Wildman–Crippen LogP) is 1.37. The second kappa shape index (κ2) is 5.84. The molecule has 72 valence electrons. The molecule has 1 aliphatic rings. The average molecular weight is 189 g/mol. The first-order chi connectivity index (χ1) is 5.84. The van der Waals surface area contributed by atoms with Crippen LogP contribution in [0, 0.1) is 0 Å². The molecule has 1 saturated carbocycles. The number of hydrogen-bond acceptors (Lipinski definition) is 3. The van der Waals surface area contributed by atoms with E-state index >= 15 is 0 Å². The molecule has 0 aromatic heterocycles. The van der Waals surface area contributed by atoms with E-state index in [2.05, 4.69) is 0 Å². The minimum atomic E-state index is 0.286. The fourth-order valence-electron chi connectivity index (χ4n) is 1.71. The van der Waals surface area contributed by atoms with E-state index in [-0.39, 0.29) is 6.61 Å². The van der Waals surface area contributed by atoms with Crippen molar-refractivity contribution in [2.24, 2.45) is 5.73 Å². The number of thioether (sulfide) groups is 1. The number of aliphatic hydroxyl groups is 1. The minimum Gasteiger partial charge on any atom is -0.396 e. The van der Waals surface area contributed by atoms with Gasteiger partial charge in [0.05, 0.1) is 6.61 Å². The molecule has 0 aromatic carbocycles. The van der Waals surface area contributed by atoms with Crippen LogP contribution in [0.15, 0.2) is 0 Å². The highest BCUT2D eigenvalue weighted by Gasteiger charge is 2.19. The van der Waals surface area contributed by atoms with Gasteiger partial charge in [0, 0.05) is 17.0 Å². The maximum absolute atomic E-state index is 8.69. The van der Waals surface area contributed by atoms with Gasteiger partial charge in [-0.1, -0.05) is 19.3 Å². The zero-order valence-corrected chi connectivity index (χ0v) is 8.35. The van der Waals surface area contributed by atoms with Crippen molar-refractivity contribution in [3.63, 3.8) is 0 Å². The van der Waals surface area contributed by atoms with Crippen molar-refractivity contribution >= 4 is 11.8 Å². The van der Waals surface area contributed by atoms with Crippen LogP contribution in [-0.4, -0.2) is 28.8 Å². The van der Waals surface area contributed by atoms with Crippen LogP contribution < -0.4 is 5.73 Å². The van der Waals surface area contributed by atoms with Gasteiger partial charge in [-0.2, -0.15) is 11.8 Å². The van der Waals surface area contributed by atoms with Crippen LogP contribution >= 0.6 is 11.8 Å². The lowest BCUT2D eigenvalue weighted by Gasteiger charge is -2.19. The highest BCUT2D eigenvalue weighted by atomic mass is 32.2. The molecule has 2 unspecified atom stereocenters. The second-order valence-corrected chi connectivity index (χ2v) is 4.78. The van der Waals surface area contributed by atoms with Crippen LogP contribution in [0.4, 0.5) is 0 Å². The van der Waals surface area contributed by atoms with E-state index in [1.54, 1.807) is 0 Å². The Hall–Kier alpha value is 0.270. The summed E-state index contributed by atoms with van der Waals surface area (Å²) in [4.78, 5) is 0. The molecule has 12 heavy (non-hydrogen) atoms. The maximum Gasteiger partial charge on any atom is 0.0521 e. The summed E-state index contributed by atoms with van der Waals surface area (Å²) < 4.78 is 0. The van der Waals surface area contributed by atoms with Crippen molar-refractivity contribution < 1.29 is 5.11 Å². The molecule has 0 aromatic rings. The van der Waals surface area contributed by atoms with E-state index in [4.69, 9.17) is 10.8 Å². The van der Waals surface area contributed by atoms with Crippen molar-refractivity contribution in [1.82, 2.24) is 0 Å². The lowest BCUT2D eigenvalue weighted by atomic mass is 10.1. The predicted molar refractivity (Wildman–Crippen MR) is 54.4 cm³/mol. The SMILES string of the molecule is NC1CCCCCC1SCCO. The average Bonchev–Trinajstić information content (AvgIpc) is 2.27. The monoisotopic (exact) mass is 189 g/mol. The Bertz CT molecular complexity index is 121. The van der Waals surface area contributed by atoms with Gasteiger partial charge in [0.25, 0.3) is 0 Å². The summed E-state index contributed by atoms with van der Waals surface area (Å²) in [6.07, 6.45) is 6.35. The molecule has 0 aliphatic heterocycles. The van der Waals surface area contributed by atoms with Crippen LogP contribution in [0.3, 0.4) is 0 Å². The first-order valence-corrected chi connectivity index (χ1v) is 5.87. The summed E-state index contributed by atoms with van der Waals surface area (Å²) in [6, 6.07) is 0.365. The van der Waals surface area contributed by atoms with Crippen molar-refractivity contribution in [2.45, 2.75) is 43.4 Å². The van der Waals surface area contributed by atoms with Crippen LogP contribution in [-0.2, 0) is 0 Å². The summed E-state index contributed by atoms with van der Waals surface area (Å²) in [5.41, 5.74) is 6.02.